The molecule has 0 aliphatic heterocycles. The Morgan fingerprint density at radius 1 is 1.69 bits per heavy atom. The Hall–Kier alpha value is -1.75. The highest BCUT2D eigenvalue weighted by Crippen LogP contribution is 1.92. The molecular formula is C8H12N3O2+. The summed E-state index contributed by atoms with van der Waals surface area (Å²) in [6.07, 6.45) is 0.658. The van der Waals surface area contributed by atoms with Crippen molar-refractivity contribution in [1.82, 2.24) is 5.01 Å². The summed E-state index contributed by atoms with van der Waals surface area (Å²) in [7, 11) is 0. The predicted molar refractivity (Wildman–Crippen MR) is 46.7 cm³/mol. The normalized spacial score (nSPS) is 7.69. The Balaban J connectivity index is 3.61. The summed E-state index contributed by atoms with van der Waals surface area (Å²) in [4.78, 5) is 13.6. The predicted octanol–water partition coefficient (Wildman–Crippen LogP) is 0.643. The lowest BCUT2D eigenvalue weighted by Gasteiger charge is -2.00. The van der Waals surface area contributed by atoms with E-state index in [1.807, 2.05) is 6.07 Å². The zero-order valence-electron chi connectivity index (χ0n) is 7.56. The summed E-state index contributed by atoms with van der Waals surface area (Å²) in [5.41, 5.74) is 0. The Bertz CT molecular complexity index is 236. The molecule has 0 fully saturated rings. The molecule has 0 saturated heterocycles. The molecule has 0 aliphatic carbocycles. The van der Waals surface area contributed by atoms with Gasteiger partial charge < -0.3 is 4.74 Å². The first kappa shape index (κ1) is 11.2. The number of carbonyl (C=O) groups excluding carboxylic acids is 1. The molecule has 5 heteroatoms. The van der Waals surface area contributed by atoms with E-state index < -0.39 is 0 Å². The van der Waals surface area contributed by atoms with Crippen LogP contribution in [0.15, 0.2) is 0 Å². The van der Waals surface area contributed by atoms with E-state index in [9.17, 15) is 4.79 Å². The Morgan fingerprint density at radius 3 is 3.00 bits per heavy atom. The van der Waals surface area contributed by atoms with Crippen LogP contribution in [0.3, 0.4) is 0 Å². The van der Waals surface area contributed by atoms with E-state index in [-0.39, 0.29) is 6.54 Å². The second-order valence-corrected chi connectivity index (χ2v) is 2.19. The van der Waals surface area contributed by atoms with Crippen LogP contribution < -0.4 is 0 Å². The van der Waals surface area contributed by atoms with Crippen molar-refractivity contribution in [1.29, 1.82) is 5.26 Å². The third-order valence-corrected chi connectivity index (χ3v) is 1.24. The van der Waals surface area contributed by atoms with Crippen LogP contribution in [-0.2, 0) is 9.53 Å². The Labute approximate surface area is 77.3 Å². The lowest BCUT2D eigenvalue weighted by Crippen LogP contribution is -2.18. The van der Waals surface area contributed by atoms with E-state index in [1.54, 1.807) is 11.9 Å². The molecule has 0 atom stereocenters. The summed E-state index contributed by atoms with van der Waals surface area (Å²) >= 11 is 0. The van der Waals surface area contributed by atoms with Crippen LogP contribution in [0.25, 0.3) is 4.95 Å². The number of ether oxygens (including phenoxy) is 1. The molecule has 0 spiro atoms. The maximum absolute atomic E-state index is 9.78. The second kappa shape index (κ2) is 8.35. The molecule has 0 saturated carbocycles. The van der Waals surface area contributed by atoms with Crippen LogP contribution in [0.4, 0.5) is 0 Å². The third kappa shape index (κ3) is 6.64. The lowest BCUT2D eigenvalue weighted by molar-refractivity contribution is -0.128. The maximum Gasteiger partial charge on any atom is 0.315 e. The maximum atomic E-state index is 9.78. The van der Waals surface area contributed by atoms with Gasteiger partial charge in [0.2, 0.25) is 0 Å². The number of carbonyl (C=O) groups is 1. The molecule has 0 aromatic carbocycles. The van der Waals surface area contributed by atoms with E-state index in [1.165, 1.54) is 0 Å². The van der Waals surface area contributed by atoms with Gasteiger partial charge in [0.15, 0.2) is 6.54 Å². The molecule has 0 unspecified atom stereocenters. The largest absolute Gasteiger partial charge is 0.468 e. The molecule has 0 aliphatic rings. The summed E-state index contributed by atoms with van der Waals surface area (Å²) in [6, 6.07) is 4.56. The molecule has 0 heterocycles. The molecule has 13 heavy (non-hydrogen) atoms. The molecule has 0 aromatic heterocycles. The van der Waals surface area contributed by atoms with Crippen LogP contribution in [0.1, 0.15) is 13.3 Å². The van der Waals surface area contributed by atoms with Crippen molar-refractivity contribution in [3.8, 4) is 12.1 Å². The molecule has 70 valence electrons. The summed E-state index contributed by atoms with van der Waals surface area (Å²) in [5, 5.41) is 9.96. The first-order chi connectivity index (χ1) is 6.35. The zero-order chi connectivity index (χ0) is 9.94. The van der Waals surface area contributed by atoms with Gasteiger partial charge >= 0.3 is 6.07 Å². The SMILES string of the molecule is CC#[N+]N(CC#N)CCCOC=O. The fourth-order valence-electron chi connectivity index (χ4n) is 0.766. The van der Waals surface area contributed by atoms with Crippen molar-refractivity contribution in [2.75, 3.05) is 19.7 Å². The van der Waals surface area contributed by atoms with Crippen LogP contribution in [0.5, 0.6) is 0 Å². The Kier molecular flexibility index (Phi) is 7.22. The van der Waals surface area contributed by atoms with Crippen molar-refractivity contribution in [3.05, 3.63) is 4.95 Å². The van der Waals surface area contributed by atoms with Gasteiger partial charge in [-0.3, -0.25) is 4.79 Å². The fraction of sp³-hybridized carbons (Fsp3) is 0.625. The van der Waals surface area contributed by atoms with E-state index in [0.717, 1.165) is 0 Å². The minimum atomic E-state index is 0.224. The summed E-state index contributed by atoms with van der Waals surface area (Å²) < 4.78 is 4.49. The van der Waals surface area contributed by atoms with Crippen LogP contribution in [0.2, 0.25) is 0 Å². The second-order valence-electron chi connectivity index (χ2n) is 2.19. The fourth-order valence-corrected chi connectivity index (χ4v) is 0.766. The van der Waals surface area contributed by atoms with Gasteiger partial charge in [0.1, 0.15) is 0 Å². The highest BCUT2D eigenvalue weighted by molar-refractivity contribution is 5.36. The van der Waals surface area contributed by atoms with Crippen molar-refractivity contribution in [2.45, 2.75) is 13.3 Å². The smallest absolute Gasteiger partial charge is 0.315 e. The van der Waals surface area contributed by atoms with Gasteiger partial charge in [-0.2, -0.15) is 5.26 Å². The average Bonchev–Trinajstić information content (AvgIpc) is 2.13. The number of hydrogen-bond acceptors (Lipinski definition) is 4. The van der Waals surface area contributed by atoms with Crippen molar-refractivity contribution >= 4 is 6.47 Å². The molecule has 0 aromatic rings. The number of nitriles is 1. The molecular weight excluding hydrogens is 170 g/mol. The minimum Gasteiger partial charge on any atom is -0.468 e. The van der Waals surface area contributed by atoms with Gasteiger partial charge in [-0.1, -0.05) is 5.01 Å². The van der Waals surface area contributed by atoms with Crippen LogP contribution in [0, 0.1) is 17.4 Å². The number of nitrogens with zero attached hydrogens (tertiary/aromatic N) is 3. The van der Waals surface area contributed by atoms with E-state index in [2.05, 4.69) is 15.8 Å². The number of hydrogen-bond donors (Lipinski definition) is 0. The topological polar surface area (TPSA) is 57.7 Å². The van der Waals surface area contributed by atoms with E-state index in [0.29, 0.717) is 26.0 Å². The van der Waals surface area contributed by atoms with Crippen molar-refractivity contribution in [2.24, 2.45) is 0 Å². The van der Waals surface area contributed by atoms with Crippen molar-refractivity contribution < 1.29 is 9.53 Å². The monoisotopic (exact) mass is 182 g/mol. The molecule has 0 rings (SSSR count). The minimum absolute atomic E-state index is 0.224. The molecule has 0 N–H and O–H groups in total. The first-order valence-corrected chi connectivity index (χ1v) is 3.89. The van der Waals surface area contributed by atoms with Gasteiger partial charge in [0.25, 0.3) is 6.47 Å². The van der Waals surface area contributed by atoms with Gasteiger partial charge in [-0.05, 0) is 0 Å². The van der Waals surface area contributed by atoms with Crippen LogP contribution >= 0.6 is 0 Å². The first-order valence-electron chi connectivity index (χ1n) is 3.89. The van der Waals surface area contributed by atoms with Crippen LogP contribution in [-0.4, -0.2) is 31.2 Å². The molecule has 5 nitrogen and oxygen atoms in total. The van der Waals surface area contributed by atoms with Crippen molar-refractivity contribution in [3.63, 3.8) is 0 Å². The van der Waals surface area contributed by atoms with Gasteiger partial charge in [0, 0.05) is 6.42 Å². The van der Waals surface area contributed by atoms with E-state index in [4.69, 9.17) is 5.26 Å². The Morgan fingerprint density at radius 2 is 2.46 bits per heavy atom. The van der Waals surface area contributed by atoms with Gasteiger partial charge in [0.05, 0.1) is 31.1 Å². The number of rotatable bonds is 6. The molecule has 0 amide bonds. The average molecular weight is 182 g/mol. The standard InChI is InChI=1S/C8H12N3O2/c1-2-10-11(6-4-9)5-3-7-13-8-12/h8H,3,5-7H2,1H3/q+1. The lowest BCUT2D eigenvalue weighted by atomic mass is 10.4. The third-order valence-electron chi connectivity index (χ3n) is 1.24. The van der Waals surface area contributed by atoms with Gasteiger partial charge in [-0.25, -0.2) is 0 Å². The highest BCUT2D eigenvalue weighted by Gasteiger charge is 2.08. The summed E-state index contributed by atoms with van der Waals surface area (Å²) in [6.45, 7) is 3.23. The quantitative estimate of drug-likeness (QED) is 0.262. The molecule has 0 radical (unpaired) electrons. The zero-order valence-corrected chi connectivity index (χ0v) is 7.56. The van der Waals surface area contributed by atoms with E-state index >= 15 is 0 Å². The highest BCUT2D eigenvalue weighted by atomic mass is 16.5. The van der Waals surface area contributed by atoms with Gasteiger partial charge in [-0.15, -0.1) is 0 Å². The summed E-state index contributed by atoms with van der Waals surface area (Å²) in [5.74, 6) is 0. The molecule has 0 bridgehead atoms.